The van der Waals surface area contributed by atoms with E-state index in [0.29, 0.717) is 18.4 Å². The Morgan fingerprint density at radius 1 is 1.33 bits per heavy atom. The van der Waals surface area contributed by atoms with Gasteiger partial charge in [-0.25, -0.2) is 9.97 Å². The van der Waals surface area contributed by atoms with Crippen molar-refractivity contribution in [1.82, 2.24) is 14.9 Å². The molecule has 2 aliphatic heterocycles. The summed E-state index contributed by atoms with van der Waals surface area (Å²) in [4.78, 5) is 17.5. The maximum atomic E-state index is 6.20. The zero-order valence-electron chi connectivity index (χ0n) is 14.3. The number of hydrogen-bond acceptors (Lipinski definition) is 5. The summed E-state index contributed by atoms with van der Waals surface area (Å²) in [5.41, 5.74) is 7.27. The molecule has 2 atom stereocenters. The highest BCUT2D eigenvalue weighted by Gasteiger charge is 2.29. The monoisotopic (exact) mass is 330 g/mol. The molecule has 0 radical (unpaired) electrons. The largest absolute Gasteiger partial charge is 0.374 e. The fourth-order valence-electron chi connectivity index (χ4n) is 3.27. The van der Waals surface area contributed by atoms with Crippen LogP contribution in [-0.4, -0.2) is 66.3 Å². The van der Waals surface area contributed by atoms with Gasteiger partial charge in [0.25, 0.3) is 0 Å². The lowest BCUT2D eigenvalue weighted by atomic mass is 9.97. The third-order valence-electron chi connectivity index (χ3n) is 4.63. The Labute approximate surface area is 143 Å². The van der Waals surface area contributed by atoms with Crippen molar-refractivity contribution in [1.29, 1.82) is 0 Å². The normalized spacial score (nSPS) is 25.1. The predicted octanol–water partition coefficient (Wildman–Crippen LogP) is 0.894. The molecule has 0 saturated carbocycles. The molecule has 0 bridgehead atoms. The molecule has 7 heteroatoms. The van der Waals surface area contributed by atoms with E-state index in [0.717, 1.165) is 50.7 Å². The summed E-state index contributed by atoms with van der Waals surface area (Å²) in [6.45, 7) is 10.9. The van der Waals surface area contributed by atoms with Crippen molar-refractivity contribution >= 4 is 11.9 Å². The van der Waals surface area contributed by atoms with E-state index in [1.54, 1.807) is 12.4 Å². The number of aromatic nitrogens is 2. The summed E-state index contributed by atoms with van der Waals surface area (Å²) in [7, 11) is 0. The Hall–Kier alpha value is -2.15. The second-order valence-corrected chi connectivity index (χ2v) is 6.41. The molecule has 3 rings (SSSR count). The van der Waals surface area contributed by atoms with E-state index in [-0.39, 0.29) is 6.10 Å². The number of anilines is 1. The summed E-state index contributed by atoms with van der Waals surface area (Å²) in [5.74, 6) is 1.79. The predicted molar refractivity (Wildman–Crippen MR) is 95.0 cm³/mol. The number of guanidine groups is 1. The number of rotatable bonds is 4. The molecule has 2 unspecified atom stereocenters. The number of piperazine rings is 1. The second kappa shape index (κ2) is 7.61. The van der Waals surface area contributed by atoms with Crippen LogP contribution < -0.4 is 10.6 Å². The highest BCUT2D eigenvalue weighted by atomic mass is 16.5. The number of nitrogens with zero attached hydrogens (tertiary/aromatic N) is 5. The minimum Gasteiger partial charge on any atom is -0.374 e. The molecule has 0 aliphatic carbocycles. The van der Waals surface area contributed by atoms with E-state index in [9.17, 15) is 0 Å². The van der Waals surface area contributed by atoms with E-state index in [4.69, 9.17) is 10.5 Å². The van der Waals surface area contributed by atoms with Crippen molar-refractivity contribution in [2.24, 2.45) is 16.6 Å². The molecule has 130 valence electrons. The lowest BCUT2D eigenvalue weighted by Crippen LogP contribution is -2.51. The van der Waals surface area contributed by atoms with E-state index >= 15 is 0 Å². The minimum atomic E-state index is 0.119. The van der Waals surface area contributed by atoms with Gasteiger partial charge in [-0.15, -0.1) is 0 Å². The molecule has 2 N–H and O–H groups in total. The van der Waals surface area contributed by atoms with Gasteiger partial charge in [0.1, 0.15) is 0 Å². The van der Waals surface area contributed by atoms with Gasteiger partial charge in [-0.1, -0.05) is 12.2 Å². The quantitative estimate of drug-likeness (QED) is 0.502. The zero-order chi connectivity index (χ0) is 16.9. The number of ether oxygens (including phenoxy) is 1. The summed E-state index contributed by atoms with van der Waals surface area (Å²) >= 11 is 0. The molecule has 0 amide bonds. The van der Waals surface area contributed by atoms with Crippen LogP contribution in [0.3, 0.4) is 0 Å². The molecule has 2 aliphatic rings. The van der Waals surface area contributed by atoms with Gasteiger partial charge >= 0.3 is 0 Å². The number of nitrogens with two attached hydrogens (primary N) is 1. The van der Waals surface area contributed by atoms with E-state index in [2.05, 4.69) is 31.3 Å². The lowest BCUT2D eigenvalue weighted by Gasteiger charge is -2.35. The summed E-state index contributed by atoms with van der Waals surface area (Å²) in [5, 5.41) is 0. The lowest BCUT2D eigenvalue weighted by molar-refractivity contribution is 0.120. The Balaban J connectivity index is 1.51. The molecule has 2 saturated heterocycles. The molecule has 0 aromatic carbocycles. The fourth-order valence-corrected chi connectivity index (χ4v) is 3.27. The molecule has 7 nitrogen and oxygen atoms in total. The van der Waals surface area contributed by atoms with Crippen LogP contribution in [-0.2, 0) is 4.74 Å². The third-order valence-corrected chi connectivity index (χ3v) is 4.63. The average Bonchev–Trinajstić information content (AvgIpc) is 3.09. The highest BCUT2D eigenvalue weighted by Crippen LogP contribution is 2.26. The first-order valence-electron chi connectivity index (χ1n) is 8.49. The molecule has 1 aromatic rings. The van der Waals surface area contributed by atoms with Crippen LogP contribution in [0.15, 0.2) is 35.6 Å². The van der Waals surface area contributed by atoms with Crippen molar-refractivity contribution in [3.63, 3.8) is 0 Å². The standard InChI is InChI=1S/C17H26N6O/c1-13(2)15-14(4-11-24-15)12-21-16(18)22-7-9-23(10-8-22)17-19-5-3-6-20-17/h3,5-6,14-15H,1,4,7-12H2,2H3,(H2,18,21). The van der Waals surface area contributed by atoms with Gasteiger partial charge in [-0.05, 0) is 19.4 Å². The van der Waals surface area contributed by atoms with Crippen LogP contribution >= 0.6 is 0 Å². The third kappa shape index (κ3) is 3.84. The molecule has 24 heavy (non-hydrogen) atoms. The summed E-state index contributed by atoms with van der Waals surface area (Å²) in [6, 6.07) is 1.83. The van der Waals surface area contributed by atoms with Crippen LogP contribution in [0.4, 0.5) is 5.95 Å². The summed E-state index contributed by atoms with van der Waals surface area (Å²) < 4.78 is 5.72. The topological polar surface area (TPSA) is 79.9 Å². The van der Waals surface area contributed by atoms with Crippen molar-refractivity contribution in [2.45, 2.75) is 19.4 Å². The highest BCUT2D eigenvalue weighted by molar-refractivity contribution is 5.78. The zero-order valence-corrected chi connectivity index (χ0v) is 14.3. The van der Waals surface area contributed by atoms with Gasteiger partial charge in [0.05, 0.1) is 6.10 Å². The SMILES string of the molecule is C=C(C)C1OCCC1CN=C(N)N1CCN(c2ncccn2)CC1. The number of hydrogen-bond donors (Lipinski definition) is 1. The maximum absolute atomic E-state index is 6.20. The average molecular weight is 330 g/mol. The van der Waals surface area contributed by atoms with Gasteiger partial charge in [0, 0.05) is 57.6 Å². The Bertz CT molecular complexity index is 582. The Morgan fingerprint density at radius 3 is 2.71 bits per heavy atom. The van der Waals surface area contributed by atoms with Gasteiger partial charge < -0.3 is 20.3 Å². The Morgan fingerprint density at radius 2 is 2.04 bits per heavy atom. The van der Waals surface area contributed by atoms with Crippen molar-refractivity contribution in [3.05, 3.63) is 30.6 Å². The maximum Gasteiger partial charge on any atom is 0.225 e. The molecule has 0 spiro atoms. The second-order valence-electron chi connectivity index (χ2n) is 6.41. The molecular formula is C17H26N6O. The van der Waals surface area contributed by atoms with E-state index in [1.807, 2.05) is 13.0 Å². The molecule has 1 aromatic heterocycles. The van der Waals surface area contributed by atoms with Gasteiger partial charge in [0.2, 0.25) is 5.95 Å². The number of aliphatic imine (C=N–C) groups is 1. The van der Waals surface area contributed by atoms with Gasteiger partial charge in [-0.3, -0.25) is 4.99 Å². The van der Waals surface area contributed by atoms with Crippen LogP contribution in [0.1, 0.15) is 13.3 Å². The minimum absolute atomic E-state index is 0.119. The first-order chi connectivity index (χ1) is 11.6. The van der Waals surface area contributed by atoms with Crippen molar-refractivity contribution in [2.75, 3.05) is 44.2 Å². The first kappa shape index (κ1) is 16.7. The molecular weight excluding hydrogens is 304 g/mol. The van der Waals surface area contributed by atoms with Crippen LogP contribution in [0.2, 0.25) is 0 Å². The summed E-state index contributed by atoms with van der Waals surface area (Å²) in [6.07, 6.45) is 4.68. The van der Waals surface area contributed by atoms with Crippen LogP contribution in [0.25, 0.3) is 0 Å². The van der Waals surface area contributed by atoms with Gasteiger partial charge in [0.15, 0.2) is 5.96 Å². The van der Waals surface area contributed by atoms with E-state index < -0.39 is 0 Å². The first-order valence-corrected chi connectivity index (χ1v) is 8.49. The Kier molecular flexibility index (Phi) is 5.30. The molecule has 2 fully saturated rings. The van der Waals surface area contributed by atoms with Crippen LogP contribution in [0, 0.1) is 5.92 Å². The fraction of sp³-hybridized carbons (Fsp3) is 0.588. The van der Waals surface area contributed by atoms with Crippen molar-refractivity contribution in [3.8, 4) is 0 Å². The van der Waals surface area contributed by atoms with Gasteiger partial charge in [-0.2, -0.15) is 0 Å². The van der Waals surface area contributed by atoms with Crippen molar-refractivity contribution < 1.29 is 4.74 Å². The van der Waals surface area contributed by atoms with Crippen LogP contribution in [0.5, 0.6) is 0 Å². The smallest absolute Gasteiger partial charge is 0.225 e. The van der Waals surface area contributed by atoms with E-state index in [1.165, 1.54) is 0 Å². The molecule has 3 heterocycles.